The molecule has 6 nitrogen and oxygen atoms in total. The van der Waals surface area contributed by atoms with Crippen LogP contribution >= 0.6 is 0 Å². The summed E-state index contributed by atoms with van der Waals surface area (Å²) in [6.07, 6.45) is 1.49. The summed E-state index contributed by atoms with van der Waals surface area (Å²) in [6.45, 7) is 5.82. The van der Waals surface area contributed by atoms with Crippen LogP contribution < -0.4 is 15.8 Å². The molecular formula is C15H25N3O3S. The van der Waals surface area contributed by atoms with Crippen LogP contribution in [0.4, 0.5) is 5.69 Å². The van der Waals surface area contributed by atoms with Crippen LogP contribution in [0.2, 0.25) is 0 Å². The third kappa shape index (κ3) is 4.99. The molecule has 1 aromatic rings. The summed E-state index contributed by atoms with van der Waals surface area (Å²) in [7, 11) is -3.44. The first-order valence-electron chi connectivity index (χ1n) is 7.43. The largest absolute Gasteiger partial charge is 0.350 e. The summed E-state index contributed by atoms with van der Waals surface area (Å²) in [5.74, 6) is -0.397. The number of anilines is 1. The molecule has 0 spiro atoms. The van der Waals surface area contributed by atoms with Crippen LogP contribution in [0.5, 0.6) is 0 Å². The van der Waals surface area contributed by atoms with Crippen LogP contribution in [0, 0.1) is 0 Å². The van der Waals surface area contributed by atoms with Crippen molar-refractivity contribution in [2.24, 2.45) is 5.73 Å². The van der Waals surface area contributed by atoms with E-state index in [4.69, 9.17) is 5.73 Å². The quantitative estimate of drug-likeness (QED) is 0.676. The summed E-state index contributed by atoms with van der Waals surface area (Å²) in [6, 6.07) is 6.51. The van der Waals surface area contributed by atoms with Gasteiger partial charge in [-0.1, -0.05) is 26.0 Å². The Morgan fingerprint density at radius 1 is 1.18 bits per heavy atom. The number of amides is 1. The fourth-order valence-corrected chi connectivity index (χ4v) is 2.52. The van der Waals surface area contributed by atoms with Crippen molar-refractivity contribution in [2.75, 3.05) is 17.0 Å². The van der Waals surface area contributed by atoms with Crippen molar-refractivity contribution in [1.29, 1.82) is 0 Å². The monoisotopic (exact) mass is 327 g/mol. The van der Waals surface area contributed by atoms with Crippen molar-refractivity contribution >= 4 is 21.6 Å². The van der Waals surface area contributed by atoms with Gasteiger partial charge in [0.2, 0.25) is 10.0 Å². The molecule has 22 heavy (non-hydrogen) atoms. The SMILES string of the molecule is CCC(N)(CC)CNC(=O)c1ccccc1NS(=O)(=O)CC. The van der Waals surface area contributed by atoms with Gasteiger partial charge in [0.15, 0.2) is 0 Å². The molecule has 4 N–H and O–H groups in total. The van der Waals surface area contributed by atoms with Crippen LogP contribution in [-0.4, -0.2) is 32.2 Å². The molecule has 0 saturated carbocycles. The minimum absolute atomic E-state index is 0.0550. The number of carbonyl (C=O) groups is 1. The van der Waals surface area contributed by atoms with E-state index >= 15 is 0 Å². The number of hydrogen-bond acceptors (Lipinski definition) is 4. The minimum atomic E-state index is -3.44. The molecule has 0 saturated heterocycles. The Bertz CT molecular complexity index is 610. The zero-order valence-corrected chi connectivity index (χ0v) is 14.2. The molecule has 0 aromatic heterocycles. The highest BCUT2D eigenvalue weighted by atomic mass is 32.2. The highest BCUT2D eigenvalue weighted by molar-refractivity contribution is 7.92. The summed E-state index contributed by atoms with van der Waals surface area (Å²) < 4.78 is 25.8. The first-order valence-corrected chi connectivity index (χ1v) is 9.08. The van der Waals surface area contributed by atoms with Gasteiger partial charge in [-0.15, -0.1) is 0 Å². The highest BCUT2D eigenvalue weighted by Crippen LogP contribution is 2.17. The van der Waals surface area contributed by atoms with E-state index in [2.05, 4.69) is 10.0 Å². The maximum absolute atomic E-state index is 12.3. The zero-order chi connectivity index (χ0) is 16.8. The Morgan fingerprint density at radius 3 is 2.32 bits per heavy atom. The third-order valence-electron chi connectivity index (χ3n) is 3.83. The zero-order valence-electron chi connectivity index (χ0n) is 13.3. The van der Waals surface area contributed by atoms with E-state index in [9.17, 15) is 13.2 Å². The van der Waals surface area contributed by atoms with Crippen LogP contribution in [0.1, 0.15) is 44.0 Å². The molecule has 1 amide bonds. The standard InChI is InChI=1S/C15H25N3O3S/c1-4-15(16,5-2)11-17-14(19)12-9-7-8-10-13(12)18-22(20,21)6-3/h7-10,18H,4-6,11,16H2,1-3H3,(H,17,19). The summed E-state index contributed by atoms with van der Waals surface area (Å²) in [5.41, 5.74) is 6.27. The third-order valence-corrected chi connectivity index (χ3v) is 5.12. The Kier molecular flexibility index (Phi) is 6.37. The molecule has 124 valence electrons. The molecule has 0 aliphatic heterocycles. The predicted molar refractivity (Wildman–Crippen MR) is 89.4 cm³/mol. The van der Waals surface area contributed by atoms with Gasteiger partial charge in [-0.05, 0) is 31.9 Å². The van der Waals surface area contributed by atoms with Crippen molar-refractivity contribution in [1.82, 2.24) is 5.32 Å². The Morgan fingerprint density at radius 2 is 1.77 bits per heavy atom. The fraction of sp³-hybridized carbons (Fsp3) is 0.533. The van der Waals surface area contributed by atoms with Gasteiger partial charge in [-0.25, -0.2) is 8.42 Å². The Labute approximate surface area is 132 Å². The number of sulfonamides is 1. The topological polar surface area (TPSA) is 101 Å². The van der Waals surface area contributed by atoms with E-state index < -0.39 is 15.6 Å². The second kappa shape index (κ2) is 7.60. The summed E-state index contributed by atoms with van der Waals surface area (Å²) in [4.78, 5) is 12.3. The molecule has 0 aliphatic carbocycles. The normalized spacial score (nSPS) is 12.0. The molecule has 0 unspecified atom stereocenters. The maximum Gasteiger partial charge on any atom is 0.253 e. The van der Waals surface area contributed by atoms with E-state index in [-0.39, 0.29) is 22.9 Å². The van der Waals surface area contributed by atoms with Gasteiger partial charge >= 0.3 is 0 Å². The summed E-state index contributed by atoms with van der Waals surface area (Å²) >= 11 is 0. The van der Waals surface area contributed by atoms with E-state index in [1.54, 1.807) is 24.3 Å². The second-order valence-corrected chi connectivity index (χ2v) is 7.31. The molecular weight excluding hydrogens is 302 g/mol. The van der Waals surface area contributed by atoms with Crippen LogP contribution in [0.15, 0.2) is 24.3 Å². The molecule has 0 atom stereocenters. The predicted octanol–water partition coefficient (Wildman–Crippen LogP) is 1.70. The Hall–Kier alpha value is -1.60. The number of para-hydroxylation sites is 1. The minimum Gasteiger partial charge on any atom is -0.350 e. The van der Waals surface area contributed by atoms with Crippen molar-refractivity contribution in [3.8, 4) is 0 Å². The molecule has 0 bridgehead atoms. The lowest BCUT2D eigenvalue weighted by atomic mass is 9.94. The average molecular weight is 327 g/mol. The number of carbonyl (C=O) groups excluding carboxylic acids is 1. The van der Waals surface area contributed by atoms with Gasteiger partial charge in [-0.3, -0.25) is 9.52 Å². The molecule has 7 heteroatoms. The van der Waals surface area contributed by atoms with Gasteiger partial charge in [0.05, 0.1) is 17.0 Å². The van der Waals surface area contributed by atoms with Crippen LogP contribution in [-0.2, 0) is 10.0 Å². The van der Waals surface area contributed by atoms with Crippen molar-refractivity contribution < 1.29 is 13.2 Å². The van der Waals surface area contributed by atoms with Crippen LogP contribution in [0.3, 0.4) is 0 Å². The average Bonchev–Trinajstić information content (AvgIpc) is 2.52. The van der Waals surface area contributed by atoms with Gasteiger partial charge in [0.1, 0.15) is 0 Å². The maximum atomic E-state index is 12.3. The van der Waals surface area contributed by atoms with Crippen molar-refractivity contribution in [3.63, 3.8) is 0 Å². The second-order valence-electron chi connectivity index (χ2n) is 5.30. The number of nitrogens with two attached hydrogens (primary N) is 1. The van der Waals surface area contributed by atoms with E-state index in [0.717, 1.165) is 12.8 Å². The molecule has 0 aliphatic rings. The lowest BCUT2D eigenvalue weighted by molar-refractivity contribution is 0.0943. The van der Waals surface area contributed by atoms with Crippen LogP contribution in [0.25, 0.3) is 0 Å². The number of nitrogens with one attached hydrogen (secondary N) is 2. The first-order chi connectivity index (χ1) is 10.3. The smallest absolute Gasteiger partial charge is 0.253 e. The van der Waals surface area contributed by atoms with Crippen molar-refractivity contribution in [2.45, 2.75) is 39.2 Å². The molecule has 0 radical (unpaired) electrons. The fourth-order valence-electron chi connectivity index (χ4n) is 1.86. The van der Waals surface area contributed by atoms with E-state index in [1.807, 2.05) is 13.8 Å². The van der Waals surface area contributed by atoms with Gasteiger partial charge in [0, 0.05) is 12.1 Å². The van der Waals surface area contributed by atoms with Gasteiger partial charge in [0.25, 0.3) is 5.91 Å². The first kappa shape index (κ1) is 18.4. The van der Waals surface area contributed by atoms with E-state index in [1.165, 1.54) is 6.92 Å². The Balaban J connectivity index is 2.91. The highest BCUT2D eigenvalue weighted by Gasteiger charge is 2.22. The molecule has 1 rings (SSSR count). The lowest BCUT2D eigenvalue weighted by Gasteiger charge is -2.27. The van der Waals surface area contributed by atoms with E-state index in [0.29, 0.717) is 6.54 Å². The number of hydrogen-bond donors (Lipinski definition) is 3. The van der Waals surface area contributed by atoms with Gasteiger partial charge in [-0.2, -0.15) is 0 Å². The number of benzene rings is 1. The molecule has 0 heterocycles. The number of rotatable bonds is 8. The van der Waals surface area contributed by atoms with Gasteiger partial charge < -0.3 is 11.1 Å². The lowest BCUT2D eigenvalue weighted by Crippen LogP contribution is -2.49. The summed E-state index contributed by atoms with van der Waals surface area (Å²) in [5, 5.41) is 2.79. The van der Waals surface area contributed by atoms with Crippen molar-refractivity contribution in [3.05, 3.63) is 29.8 Å². The molecule has 0 fully saturated rings. The molecule has 1 aromatic carbocycles.